The van der Waals surface area contributed by atoms with Crippen LogP contribution in [-0.4, -0.2) is 0 Å². The molecule has 0 nitrogen and oxygen atoms in total. The fraction of sp³-hybridized carbons (Fsp3) is 0.875. The van der Waals surface area contributed by atoms with Crippen LogP contribution in [0.25, 0.3) is 0 Å². The number of hydrogen-bond donors (Lipinski definition) is 0. The molecular weight excluding hydrogens is 192 g/mol. The van der Waals surface area contributed by atoms with E-state index in [1.807, 2.05) is 0 Å². The van der Waals surface area contributed by atoms with Crippen LogP contribution in [0.4, 0.5) is 0 Å². The summed E-state index contributed by atoms with van der Waals surface area (Å²) in [6, 6.07) is 0. The van der Waals surface area contributed by atoms with Crippen LogP contribution in [0.5, 0.6) is 0 Å². The summed E-state index contributed by atoms with van der Waals surface area (Å²) in [5, 5.41) is 0. The highest BCUT2D eigenvalue weighted by atomic mass is 14.4. The van der Waals surface area contributed by atoms with Crippen molar-refractivity contribution in [2.45, 2.75) is 78.6 Å². The molecule has 1 aliphatic carbocycles. The third-order valence-electron chi connectivity index (χ3n) is 4.64. The van der Waals surface area contributed by atoms with E-state index in [4.69, 9.17) is 0 Å². The summed E-state index contributed by atoms with van der Waals surface area (Å²) in [4.78, 5) is 0. The molecule has 0 N–H and O–H groups in total. The van der Waals surface area contributed by atoms with Crippen LogP contribution in [-0.2, 0) is 0 Å². The number of rotatable bonds is 6. The van der Waals surface area contributed by atoms with E-state index in [1.54, 1.807) is 0 Å². The Kier molecular flexibility index (Phi) is 5.58. The zero-order valence-corrected chi connectivity index (χ0v) is 11.6. The second-order valence-corrected chi connectivity index (χ2v) is 5.79. The fourth-order valence-corrected chi connectivity index (χ4v) is 3.61. The summed E-state index contributed by atoms with van der Waals surface area (Å²) in [6.45, 7) is 11.2. The molecule has 0 aromatic carbocycles. The van der Waals surface area contributed by atoms with E-state index in [1.165, 1.54) is 63.4 Å². The Morgan fingerprint density at radius 3 is 1.94 bits per heavy atom. The Bertz CT molecular complexity index is 198. The molecular formula is C16H30. The van der Waals surface area contributed by atoms with Gasteiger partial charge in [0.2, 0.25) is 0 Å². The topological polar surface area (TPSA) is 0 Å². The molecule has 16 heavy (non-hydrogen) atoms. The van der Waals surface area contributed by atoms with Crippen molar-refractivity contribution in [2.75, 3.05) is 0 Å². The highest BCUT2D eigenvalue weighted by Gasteiger charge is 2.33. The molecule has 0 spiro atoms. The zero-order valence-electron chi connectivity index (χ0n) is 11.6. The molecule has 1 fully saturated rings. The third-order valence-corrected chi connectivity index (χ3v) is 4.64. The van der Waals surface area contributed by atoms with Gasteiger partial charge in [-0.15, -0.1) is 0 Å². The lowest BCUT2D eigenvalue weighted by atomic mass is 9.65. The van der Waals surface area contributed by atoms with E-state index in [0.717, 1.165) is 5.92 Å². The summed E-state index contributed by atoms with van der Waals surface area (Å²) in [5.74, 6) is 0.840. The standard InChI is InChI=1S/C16H30/c1-5-10-16(11-6-2)12-8-15(9-13-16)14(4)7-3/h15H,4-13H2,1-3H3. The lowest BCUT2D eigenvalue weighted by Crippen LogP contribution is -2.28. The van der Waals surface area contributed by atoms with Crippen LogP contribution < -0.4 is 0 Å². The summed E-state index contributed by atoms with van der Waals surface area (Å²) in [5.41, 5.74) is 2.20. The Morgan fingerprint density at radius 1 is 1.06 bits per heavy atom. The summed E-state index contributed by atoms with van der Waals surface area (Å²) < 4.78 is 0. The molecule has 0 heterocycles. The highest BCUT2D eigenvalue weighted by molar-refractivity contribution is 5.03. The number of hydrogen-bond acceptors (Lipinski definition) is 0. The predicted molar refractivity (Wildman–Crippen MR) is 73.6 cm³/mol. The fourth-order valence-electron chi connectivity index (χ4n) is 3.61. The molecule has 0 heteroatoms. The van der Waals surface area contributed by atoms with Crippen LogP contribution >= 0.6 is 0 Å². The predicted octanol–water partition coefficient (Wildman–Crippen LogP) is 5.73. The Labute approximate surface area is 103 Å². The van der Waals surface area contributed by atoms with Gasteiger partial charge in [-0.3, -0.25) is 0 Å². The SMILES string of the molecule is C=C(CC)C1CCC(CCC)(CCC)CC1. The molecule has 1 rings (SSSR count). The van der Waals surface area contributed by atoms with E-state index < -0.39 is 0 Å². The molecule has 0 aromatic heterocycles. The molecule has 94 valence electrons. The quantitative estimate of drug-likeness (QED) is 0.503. The van der Waals surface area contributed by atoms with E-state index in [0.29, 0.717) is 5.41 Å². The minimum Gasteiger partial charge on any atom is -0.0996 e. The summed E-state index contributed by atoms with van der Waals surface area (Å²) >= 11 is 0. The van der Waals surface area contributed by atoms with Gasteiger partial charge in [-0.25, -0.2) is 0 Å². The zero-order chi connectivity index (χ0) is 12.0. The Hall–Kier alpha value is -0.260. The van der Waals surface area contributed by atoms with E-state index in [9.17, 15) is 0 Å². The second-order valence-electron chi connectivity index (χ2n) is 5.79. The van der Waals surface area contributed by atoms with Gasteiger partial charge in [-0.05, 0) is 56.3 Å². The van der Waals surface area contributed by atoms with Crippen LogP contribution in [0.3, 0.4) is 0 Å². The average molecular weight is 222 g/mol. The van der Waals surface area contributed by atoms with Crippen molar-refractivity contribution in [3.05, 3.63) is 12.2 Å². The van der Waals surface area contributed by atoms with E-state index >= 15 is 0 Å². The second kappa shape index (κ2) is 6.47. The molecule has 0 aromatic rings. The lowest BCUT2D eigenvalue weighted by molar-refractivity contribution is 0.131. The maximum atomic E-state index is 4.24. The van der Waals surface area contributed by atoms with Crippen molar-refractivity contribution in [1.82, 2.24) is 0 Å². The summed E-state index contributed by atoms with van der Waals surface area (Å²) in [7, 11) is 0. The Morgan fingerprint density at radius 2 is 1.56 bits per heavy atom. The first kappa shape index (κ1) is 13.8. The molecule has 0 aliphatic heterocycles. The Balaban J connectivity index is 2.51. The number of allylic oxidation sites excluding steroid dienone is 1. The van der Waals surface area contributed by atoms with Gasteiger partial charge < -0.3 is 0 Å². The third kappa shape index (κ3) is 3.37. The normalized spacial score (nSPS) is 20.9. The first-order valence-electron chi connectivity index (χ1n) is 7.35. The van der Waals surface area contributed by atoms with Crippen molar-refractivity contribution in [3.63, 3.8) is 0 Å². The van der Waals surface area contributed by atoms with E-state index in [2.05, 4.69) is 27.4 Å². The lowest BCUT2D eigenvalue weighted by Gasteiger charge is -2.41. The minimum absolute atomic E-state index is 0.702. The van der Waals surface area contributed by atoms with Gasteiger partial charge in [-0.1, -0.05) is 45.8 Å². The van der Waals surface area contributed by atoms with Gasteiger partial charge in [0.25, 0.3) is 0 Å². The first-order chi connectivity index (χ1) is 7.67. The van der Waals surface area contributed by atoms with Gasteiger partial charge in [0, 0.05) is 0 Å². The van der Waals surface area contributed by atoms with Gasteiger partial charge in [0.05, 0.1) is 0 Å². The monoisotopic (exact) mass is 222 g/mol. The maximum Gasteiger partial charge on any atom is -0.0206 e. The van der Waals surface area contributed by atoms with Crippen molar-refractivity contribution >= 4 is 0 Å². The van der Waals surface area contributed by atoms with Crippen molar-refractivity contribution in [1.29, 1.82) is 0 Å². The molecule has 0 bridgehead atoms. The van der Waals surface area contributed by atoms with Crippen LogP contribution in [0, 0.1) is 11.3 Å². The molecule has 0 radical (unpaired) electrons. The molecule has 0 saturated heterocycles. The van der Waals surface area contributed by atoms with Crippen molar-refractivity contribution in [2.24, 2.45) is 11.3 Å². The molecule has 1 saturated carbocycles. The molecule has 0 amide bonds. The largest absolute Gasteiger partial charge is 0.0996 e. The summed E-state index contributed by atoms with van der Waals surface area (Å²) in [6.07, 6.45) is 12.5. The smallest absolute Gasteiger partial charge is 0.0206 e. The molecule has 1 aliphatic rings. The van der Waals surface area contributed by atoms with Gasteiger partial charge in [-0.2, -0.15) is 0 Å². The average Bonchev–Trinajstić information content (AvgIpc) is 2.30. The van der Waals surface area contributed by atoms with Gasteiger partial charge in [0.1, 0.15) is 0 Å². The van der Waals surface area contributed by atoms with Crippen LogP contribution in [0.1, 0.15) is 78.6 Å². The van der Waals surface area contributed by atoms with E-state index in [-0.39, 0.29) is 0 Å². The minimum atomic E-state index is 0.702. The van der Waals surface area contributed by atoms with Crippen LogP contribution in [0.15, 0.2) is 12.2 Å². The van der Waals surface area contributed by atoms with Crippen molar-refractivity contribution < 1.29 is 0 Å². The van der Waals surface area contributed by atoms with Crippen LogP contribution in [0.2, 0.25) is 0 Å². The molecule has 0 unspecified atom stereocenters. The van der Waals surface area contributed by atoms with Gasteiger partial charge in [0.15, 0.2) is 0 Å². The maximum absolute atomic E-state index is 4.24. The molecule has 0 atom stereocenters. The van der Waals surface area contributed by atoms with Crippen molar-refractivity contribution in [3.8, 4) is 0 Å². The highest BCUT2D eigenvalue weighted by Crippen LogP contribution is 2.47. The first-order valence-corrected chi connectivity index (χ1v) is 7.35. The van der Waals surface area contributed by atoms with Gasteiger partial charge >= 0.3 is 0 Å².